The first-order valence-corrected chi connectivity index (χ1v) is 8.53. The Bertz CT molecular complexity index is 694. The largest absolute Gasteiger partial charge is 0.396 e. The highest BCUT2D eigenvalue weighted by molar-refractivity contribution is 5.89. The van der Waals surface area contributed by atoms with Crippen LogP contribution in [0.15, 0.2) is 30.6 Å². The summed E-state index contributed by atoms with van der Waals surface area (Å²) in [5, 5.41) is 15.8. The number of urea groups is 1. The number of carbonyl (C=O) groups is 1. The molecule has 2 amide bonds. The summed E-state index contributed by atoms with van der Waals surface area (Å²) in [5.74, 6) is -0.462. The molecule has 0 fully saturated rings. The van der Waals surface area contributed by atoms with Gasteiger partial charge in [0.25, 0.3) is 0 Å². The maximum Gasteiger partial charge on any atom is 0.321 e. The number of aryl methyl sites for hydroxylation is 1. The predicted molar refractivity (Wildman–Crippen MR) is 95.5 cm³/mol. The Morgan fingerprint density at radius 1 is 1.36 bits per heavy atom. The van der Waals surface area contributed by atoms with Crippen molar-refractivity contribution < 1.29 is 14.3 Å². The molecule has 0 saturated carbocycles. The first-order valence-electron chi connectivity index (χ1n) is 8.53. The van der Waals surface area contributed by atoms with Crippen molar-refractivity contribution in [3.8, 4) is 5.69 Å². The van der Waals surface area contributed by atoms with E-state index in [2.05, 4.69) is 10.4 Å². The quantitative estimate of drug-likeness (QED) is 0.769. The van der Waals surface area contributed by atoms with Gasteiger partial charge < -0.3 is 15.3 Å². The summed E-state index contributed by atoms with van der Waals surface area (Å²) in [6.07, 6.45) is 5.75. The lowest BCUT2D eigenvalue weighted by molar-refractivity contribution is 0.201. The minimum absolute atomic E-state index is 0.0303. The molecular formula is C18H25FN4O2. The Kier molecular flexibility index (Phi) is 6.94. The molecule has 1 heterocycles. The molecule has 6 nitrogen and oxygen atoms in total. The van der Waals surface area contributed by atoms with Crippen molar-refractivity contribution in [2.75, 3.05) is 25.0 Å². The molecule has 136 valence electrons. The van der Waals surface area contributed by atoms with Gasteiger partial charge in [-0.2, -0.15) is 5.10 Å². The van der Waals surface area contributed by atoms with E-state index in [1.807, 2.05) is 13.8 Å². The van der Waals surface area contributed by atoms with E-state index in [0.29, 0.717) is 30.9 Å². The van der Waals surface area contributed by atoms with Gasteiger partial charge in [-0.05, 0) is 43.5 Å². The topological polar surface area (TPSA) is 70.4 Å². The summed E-state index contributed by atoms with van der Waals surface area (Å²) >= 11 is 0. The number of halogens is 1. The number of benzene rings is 1. The summed E-state index contributed by atoms with van der Waals surface area (Å²) in [5.41, 5.74) is 1.65. The van der Waals surface area contributed by atoms with Crippen LogP contribution in [0.25, 0.3) is 5.69 Å². The van der Waals surface area contributed by atoms with Crippen LogP contribution in [0, 0.1) is 12.7 Å². The van der Waals surface area contributed by atoms with E-state index in [0.717, 1.165) is 18.4 Å². The molecule has 7 heteroatoms. The highest BCUT2D eigenvalue weighted by Gasteiger charge is 2.14. The smallest absolute Gasteiger partial charge is 0.321 e. The fourth-order valence-electron chi connectivity index (χ4n) is 2.44. The molecule has 2 aromatic rings. The summed E-state index contributed by atoms with van der Waals surface area (Å²) in [6.45, 7) is 5.04. The van der Waals surface area contributed by atoms with Crippen molar-refractivity contribution >= 4 is 11.7 Å². The molecule has 0 unspecified atom stereocenters. The van der Waals surface area contributed by atoms with Gasteiger partial charge in [0.2, 0.25) is 0 Å². The Morgan fingerprint density at radius 2 is 2.12 bits per heavy atom. The van der Waals surface area contributed by atoms with E-state index < -0.39 is 5.82 Å². The molecule has 25 heavy (non-hydrogen) atoms. The van der Waals surface area contributed by atoms with Crippen LogP contribution < -0.4 is 5.32 Å². The van der Waals surface area contributed by atoms with Gasteiger partial charge in [-0.15, -0.1) is 0 Å². The van der Waals surface area contributed by atoms with E-state index in [-0.39, 0.29) is 12.6 Å². The van der Waals surface area contributed by atoms with Gasteiger partial charge >= 0.3 is 6.03 Å². The monoisotopic (exact) mass is 348 g/mol. The molecule has 0 aliphatic rings. The van der Waals surface area contributed by atoms with Crippen LogP contribution in [-0.2, 0) is 0 Å². The maximum atomic E-state index is 14.3. The van der Waals surface area contributed by atoms with Crippen molar-refractivity contribution in [2.45, 2.75) is 33.1 Å². The number of nitrogens with zero attached hydrogens (tertiary/aromatic N) is 3. The number of hydrogen-bond donors (Lipinski definition) is 2. The van der Waals surface area contributed by atoms with Gasteiger partial charge in [-0.1, -0.05) is 13.3 Å². The van der Waals surface area contributed by atoms with Crippen molar-refractivity contribution in [1.82, 2.24) is 14.7 Å². The molecule has 1 aromatic heterocycles. The standard InChI is InChI=1S/C18H25FN4O2/c1-3-4-8-22(9-5-10-24)18(25)21-15-6-7-17(16(19)11-15)23-13-14(2)12-20-23/h6-7,11-13,24H,3-5,8-10H2,1-2H3,(H,21,25). The van der Waals surface area contributed by atoms with Gasteiger partial charge in [-0.3, -0.25) is 0 Å². The number of carbonyl (C=O) groups excluding carboxylic acids is 1. The first kappa shape index (κ1) is 18.9. The summed E-state index contributed by atoms with van der Waals surface area (Å²) in [7, 11) is 0. The van der Waals surface area contributed by atoms with E-state index in [4.69, 9.17) is 5.11 Å². The second-order valence-corrected chi connectivity index (χ2v) is 5.98. The molecule has 0 atom stereocenters. The highest BCUT2D eigenvalue weighted by Crippen LogP contribution is 2.18. The van der Waals surface area contributed by atoms with Crippen LogP contribution in [0.5, 0.6) is 0 Å². The maximum absolute atomic E-state index is 14.3. The Morgan fingerprint density at radius 3 is 2.72 bits per heavy atom. The van der Waals surface area contributed by atoms with Gasteiger partial charge in [0.15, 0.2) is 5.82 Å². The fourth-order valence-corrected chi connectivity index (χ4v) is 2.44. The molecule has 1 aromatic carbocycles. The van der Waals surface area contributed by atoms with Crippen LogP contribution >= 0.6 is 0 Å². The summed E-state index contributed by atoms with van der Waals surface area (Å²) < 4.78 is 15.8. The first-order chi connectivity index (χ1) is 12.0. The van der Waals surface area contributed by atoms with Crippen LogP contribution in [0.2, 0.25) is 0 Å². The van der Waals surface area contributed by atoms with E-state index in [9.17, 15) is 9.18 Å². The number of aliphatic hydroxyl groups is 1. The number of unbranched alkanes of at least 4 members (excludes halogenated alkanes) is 1. The molecule has 2 N–H and O–H groups in total. The average molecular weight is 348 g/mol. The SMILES string of the molecule is CCCCN(CCCO)C(=O)Nc1ccc(-n2cc(C)cn2)c(F)c1. The summed E-state index contributed by atoms with van der Waals surface area (Å²) in [4.78, 5) is 14.0. The minimum Gasteiger partial charge on any atom is -0.396 e. The molecule has 0 bridgehead atoms. The third-order valence-corrected chi connectivity index (χ3v) is 3.81. The number of amides is 2. The van der Waals surface area contributed by atoms with Crippen molar-refractivity contribution in [1.29, 1.82) is 0 Å². The second-order valence-electron chi connectivity index (χ2n) is 5.98. The minimum atomic E-state index is -0.462. The normalized spacial score (nSPS) is 10.7. The lowest BCUT2D eigenvalue weighted by atomic mass is 10.2. The molecule has 0 saturated heterocycles. The van der Waals surface area contributed by atoms with Gasteiger partial charge in [0.05, 0.1) is 6.20 Å². The van der Waals surface area contributed by atoms with Crippen molar-refractivity contribution in [3.63, 3.8) is 0 Å². The predicted octanol–water partition coefficient (Wildman–Crippen LogP) is 3.34. The fraction of sp³-hybridized carbons (Fsp3) is 0.444. The van der Waals surface area contributed by atoms with E-state index in [1.54, 1.807) is 29.4 Å². The molecule has 0 radical (unpaired) electrons. The molecule has 0 aliphatic carbocycles. The van der Waals surface area contributed by atoms with Crippen molar-refractivity contribution in [2.24, 2.45) is 0 Å². The van der Waals surface area contributed by atoms with Crippen LogP contribution in [-0.4, -0.2) is 45.5 Å². The van der Waals surface area contributed by atoms with Gasteiger partial charge in [0, 0.05) is 31.6 Å². The number of hydrogen-bond acceptors (Lipinski definition) is 3. The third kappa shape index (κ3) is 5.29. The zero-order valence-electron chi connectivity index (χ0n) is 14.7. The zero-order chi connectivity index (χ0) is 18.2. The molecule has 2 rings (SSSR count). The molecule has 0 spiro atoms. The number of anilines is 1. The number of rotatable bonds is 8. The van der Waals surface area contributed by atoms with Crippen LogP contribution in [0.4, 0.5) is 14.9 Å². The van der Waals surface area contributed by atoms with Crippen molar-refractivity contribution in [3.05, 3.63) is 42.0 Å². The number of nitrogens with one attached hydrogen (secondary N) is 1. The highest BCUT2D eigenvalue weighted by atomic mass is 19.1. The zero-order valence-corrected chi connectivity index (χ0v) is 14.7. The lowest BCUT2D eigenvalue weighted by Crippen LogP contribution is -2.36. The number of aromatic nitrogens is 2. The lowest BCUT2D eigenvalue weighted by Gasteiger charge is -2.22. The average Bonchev–Trinajstić information content (AvgIpc) is 3.01. The molecule has 0 aliphatic heterocycles. The third-order valence-electron chi connectivity index (χ3n) is 3.81. The van der Waals surface area contributed by atoms with Gasteiger partial charge in [-0.25, -0.2) is 13.9 Å². The van der Waals surface area contributed by atoms with Crippen LogP contribution in [0.3, 0.4) is 0 Å². The molecular weight excluding hydrogens is 323 g/mol. The Labute approximate surface area is 147 Å². The summed E-state index contributed by atoms with van der Waals surface area (Å²) in [6, 6.07) is 4.23. The number of aliphatic hydroxyl groups excluding tert-OH is 1. The van der Waals surface area contributed by atoms with E-state index >= 15 is 0 Å². The van der Waals surface area contributed by atoms with E-state index in [1.165, 1.54) is 10.7 Å². The van der Waals surface area contributed by atoms with Gasteiger partial charge in [0.1, 0.15) is 5.69 Å². The Balaban J connectivity index is 2.07. The Hall–Kier alpha value is -2.41. The second kappa shape index (κ2) is 9.17. The van der Waals surface area contributed by atoms with Crippen LogP contribution in [0.1, 0.15) is 31.7 Å².